The molecule has 1 fully saturated rings. The Kier molecular flexibility index (Phi) is 7.12. The number of anilines is 1. The van der Waals surface area contributed by atoms with Crippen molar-refractivity contribution in [2.75, 3.05) is 38.7 Å². The molecule has 0 bridgehead atoms. The third-order valence-electron chi connectivity index (χ3n) is 4.93. The van der Waals surface area contributed by atoms with E-state index < -0.39 is 0 Å². The lowest BCUT2D eigenvalue weighted by Gasteiger charge is -2.22. The zero-order valence-electron chi connectivity index (χ0n) is 17.2. The predicted octanol–water partition coefficient (Wildman–Crippen LogP) is 3.29. The van der Waals surface area contributed by atoms with Crippen molar-refractivity contribution in [2.24, 2.45) is 4.99 Å². The van der Waals surface area contributed by atoms with Crippen LogP contribution >= 0.6 is 0 Å². The normalized spacial score (nSPS) is 14.2. The summed E-state index contributed by atoms with van der Waals surface area (Å²) in [4.78, 5) is 13.9. The molecule has 1 N–H and O–H groups in total. The van der Waals surface area contributed by atoms with Gasteiger partial charge < -0.3 is 19.9 Å². The molecule has 6 nitrogen and oxygen atoms in total. The standard InChI is InChI=1S/C22H31N5O/c1-4-23-22(26(2)17-18-7-9-20(28-3)10-8-18)25-16-19-11-12-24-21(15-19)27-13-5-6-14-27/h7-12,15H,4-6,13-14,16-17H2,1-3H3,(H,23,25). The largest absolute Gasteiger partial charge is 0.497 e. The molecule has 0 spiro atoms. The lowest BCUT2D eigenvalue weighted by Crippen LogP contribution is -2.38. The Morgan fingerprint density at radius 3 is 2.61 bits per heavy atom. The van der Waals surface area contributed by atoms with E-state index in [-0.39, 0.29) is 0 Å². The van der Waals surface area contributed by atoms with Gasteiger partial charge in [-0.25, -0.2) is 9.98 Å². The van der Waals surface area contributed by atoms with Crippen LogP contribution in [0.5, 0.6) is 5.75 Å². The Morgan fingerprint density at radius 1 is 1.18 bits per heavy atom. The van der Waals surface area contributed by atoms with Crippen LogP contribution in [0.3, 0.4) is 0 Å². The van der Waals surface area contributed by atoms with Crippen LogP contribution in [-0.2, 0) is 13.1 Å². The minimum Gasteiger partial charge on any atom is -0.497 e. The summed E-state index contributed by atoms with van der Waals surface area (Å²) in [6.45, 7) is 6.56. The third kappa shape index (κ3) is 5.38. The van der Waals surface area contributed by atoms with Gasteiger partial charge in [-0.05, 0) is 55.2 Å². The molecular weight excluding hydrogens is 350 g/mol. The van der Waals surface area contributed by atoms with Gasteiger partial charge in [0.1, 0.15) is 11.6 Å². The second-order valence-electron chi connectivity index (χ2n) is 7.09. The molecule has 1 aliphatic rings. The number of ether oxygens (including phenoxy) is 1. The van der Waals surface area contributed by atoms with Crippen LogP contribution in [-0.4, -0.2) is 49.6 Å². The Labute approximate surface area is 168 Å². The van der Waals surface area contributed by atoms with Gasteiger partial charge in [0.15, 0.2) is 5.96 Å². The molecule has 1 aromatic heterocycles. The van der Waals surface area contributed by atoms with Gasteiger partial charge in [0.25, 0.3) is 0 Å². The zero-order valence-corrected chi connectivity index (χ0v) is 17.2. The van der Waals surface area contributed by atoms with Gasteiger partial charge in [0.05, 0.1) is 13.7 Å². The van der Waals surface area contributed by atoms with Crippen LogP contribution in [0.2, 0.25) is 0 Å². The number of aromatic nitrogens is 1. The van der Waals surface area contributed by atoms with E-state index in [1.165, 1.54) is 24.0 Å². The fraction of sp³-hybridized carbons (Fsp3) is 0.455. The molecule has 0 atom stereocenters. The first-order valence-corrected chi connectivity index (χ1v) is 10.0. The number of nitrogens with zero attached hydrogens (tertiary/aromatic N) is 4. The molecule has 3 rings (SSSR count). The molecule has 0 saturated carbocycles. The van der Waals surface area contributed by atoms with Crippen molar-refractivity contribution in [2.45, 2.75) is 32.9 Å². The summed E-state index contributed by atoms with van der Waals surface area (Å²) in [7, 11) is 3.75. The van der Waals surface area contributed by atoms with E-state index in [4.69, 9.17) is 9.73 Å². The van der Waals surface area contributed by atoms with Crippen molar-refractivity contribution in [1.29, 1.82) is 0 Å². The second-order valence-corrected chi connectivity index (χ2v) is 7.09. The van der Waals surface area contributed by atoms with Crippen molar-refractivity contribution >= 4 is 11.8 Å². The molecule has 2 heterocycles. The summed E-state index contributed by atoms with van der Waals surface area (Å²) in [6, 6.07) is 12.4. The van der Waals surface area contributed by atoms with E-state index in [0.29, 0.717) is 6.54 Å². The minimum absolute atomic E-state index is 0.638. The molecule has 0 unspecified atom stereocenters. The van der Waals surface area contributed by atoms with E-state index in [2.05, 4.69) is 58.3 Å². The number of hydrogen-bond donors (Lipinski definition) is 1. The van der Waals surface area contributed by atoms with Crippen LogP contribution in [0, 0.1) is 0 Å². The molecule has 28 heavy (non-hydrogen) atoms. The molecule has 0 radical (unpaired) electrons. The number of hydrogen-bond acceptors (Lipinski definition) is 4. The number of aliphatic imine (C=N–C) groups is 1. The summed E-state index contributed by atoms with van der Waals surface area (Å²) in [5.74, 6) is 2.85. The number of methoxy groups -OCH3 is 1. The van der Waals surface area contributed by atoms with E-state index >= 15 is 0 Å². The number of benzene rings is 1. The number of pyridine rings is 1. The lowest BCUT2D eigenvalue weighted by atomic mass is 10.2. The van der Waals surface area contributed by atoms with Gasteiger partial charge in [0.2, 0.25) is 0 Å². The third-order valence-corrected chi connectivity index (χ3v) is 4.93. The molecule has 6 heteroatoms. The van der Waals surface area contributed by atoms with E-state index in [1.807, 2.05) is 18.3 Å². The minimum atomic E-state index is 0.638. The van der Waals surface area contributed by atoms with Gasteiger partial charge in [-0.2, -0.15) is 0 Å². The van der Waals surface area contributed by atoms with Crippen molar-refractivity contribution < 1.29 is 4.74 Å². The maximum absolute atomic E-state index is 5.24. The number of rotatable bonds is 7. The van der Waals surface area contributed by atoms with Crippen molar-refractivity contribution in [1.82, 2.24) is 15.2 Å². The summed E-state index contributed by atoms with van der Waals surface area (Å²) < 4.78 is 5.24. The summed E-state index contributed by atoms with van der Waals surface area (Å²) in [5, 5.41) is 3.39. The molecule has 150 valence electrons. The Balaban J connectivity index is 1.66. The van der Waals surface area contributed by atoms with E-state index in [0.717, 1.165) is 43.7 Å². The smallest absolute Gasteiger partial charge is 0.194 e. The first-order chi connectivity index (χ1) is 13.7. The quantitative estimate of drug-likeness (QED) is 0.589. The molecule has 1 saturated heterocycles. The monoisotopic (exact) mass is 381 g/mol. The highest BCUT2D eigenvalue weighted by atomic mass is 16.5. The zero-order chi connectivity index (χ0) is 19.8. The van der Waals surface area contributed by atoms with Gasteiger partial charge in [-0.3, -0.25) is 0 Å². The van der Waals surface area contributed by atoms with Gasteiger partial charge in [-0.1, -0.05) is 12.1 Å². The Morgan fingerprint density at radius 2 is 1.93 bits per heavy atom. The fourth-order valence-electron chi connectivity index (χ4n) is 3.39. The van der Waals surface area contributed by atoms with Crippen LogP contribution in [0.1, 0.15) is 30.9 Å². The van der Waals surface area contributed by atoms with E-state index in [9.17, 15) is 0 Å². The molecule has 2 aromatic rings. The first kappa shape index (κ1) is 20.0. The van der Waals surface area contributed by atoms with E-state index in [1.54, 1.807) is 7.11 Å². The molecule has 1 aromatic carbocycles. The van der Waals surface area contributed by atoms with Crippen molar-refractivity contribution in [3.8, 4) is 5.75 Å². The summed E-state index contributed by atoms with van der Waals surface area (Å²) >= 11 is 0. The Bertz CT molecular complexity index is 769. The molecular formula is C22H31N5O. The molecule has 1 aliphatic heterocycles. The van der Waals surface area contributed by atoms with Crippen molar-refractivity contribution in [3.05, 3.63) is 53.7 Å². The van der Waals surface area contributed by atoms with Crippen LogP contribution in [0.4, 0.5) is 5.82 Å². The topological polar surface area (TPSA) is 53.0 Å². The average Bonchev–Trinajstić information content (AvgIpc) is 3.27. The van der Waals surface area contributed by atoms with Gasteiger partial charge in [0, 0.05) is 39.4 Å². The lowest BCUT2D eigenvalue weighted by molar-refractivity contribution is 0.414. The highest BCUT2D eigenvalue weighted by Crippen LogP contribution is 2.19. The number of nitrogens with one attached hydrogen (secondary N) is 1. The first-order valence-electron chi connectivity index (χ1n) is 10.0. The van der Waals surface area contributed by atoms with Gasteiger partial charge in [-0.15, -0.1) is 0 Å². The highest BCUT2D eigenvalue weighted by Gasteiger charge is 2.13. The number of guanidine groups is 1. The predicted molar refractivity (Wildman–Crippen MR) is 115 cm³/mol. The molecule has 0 amide bonds. The SMILES string of the molecule is CCNC(=NCc1ccnc(N2CCCC2)c1)N(C)Cc1ccc(OC)cc1. The average molecular weight is 382 g/mol. The van der Waals surface area contributed by atoms with Crippen molar-refractivity contribution in [3.63, 3.8) is 0 Å². The summed E-state index contributed by atoms with van der Waals surface area (Å²) in [5.41, 5.74) is 2.40. The maximum atomic E-state index is 5.24. The summed E-state index contributed by atoms with van der Waals surface area (Å²) in [6.07, 6.45) is 4.40. The second kappa shape index (κ2) is 9.97. The molecule has 0 aliphatic carbocycles. The highest BCUT2D eigenvalue weighted by molar-refractivity contribution is 5.79. The van der Waals surface area contributed by atoms with Crippen LogP contribution in [0.25, 0.3) is 0 Å². The maximum Gasteiger partial charge on any atom is 0.194 e. The van der Waals surface area contributed by atoms with Crippen LogP contribution < -0.4 is 15.0 Å². The van der Waals surface area contributed by atoms with Gasteiger partial charge >= 0.3 is 0 Å². The van der Waals surface area contributed by atoms with Crippen LogP contribution in [0.15, 0.2) is 47.6 Å². The Hall–Kier alpha value is -2.76. The fourth-order valence-corrected chi connectivity index (χ4v) is 3.39.